The predicted octanol–water partition coefficient (Wildman–Crippen LogP) is 4.35. The molecule has 6 nitrogen and oxygen atoms in total. The van der Waals surface area contributed by atoms with Crippen molar-refractivity contribution in [2.45, 2.75) is 6.04 Å². The van der Waals surface area contributed by atoms with Crippen molar-refractivity contribution in [2.24, 2.45) is 7.05 Å². The first-order chi connectivity index (χ1) is 14.5. The average molecular weight is 400 g/mol. The van der Waals surface area contributed by atoms with Gasteiger partial charge in [0.05, 0.1) is 13.2 Å². The van der Waals surface area contributed by atoms with Crippen LogP contribution >= 0.6 is 0 Å². The van der Waals surface area contributed by atoms with Crippen molar-refractivity contribution >= 4 is 22.5 Å². The minimum Gasteiger partial charge on any atom is -0.504 e. The molecule has 1 aromatic heterocycles. The SMILES string of the molecule is COc1ccc(N2C(=O)c3c(c4ccccc4n3C)[C@H]2c2ccc(O)c(O)c2)cc1. The van der Waals surface area contributed by atoms with Gasteiger partial charge < -0.3 is 19.5 Å². The lowest BCUT2D eigenvalue weighted by molar-refractivity contribution is 0.0986. The fraction of sp³-hybridized carbons (Fsp3) is 0.125. The molecule has 5 rings (SSSR count). The molecule has 0 unspecified atom stereocenters. The van der Waals surface area contributed by atoms with E-state index in [0.29, 0.717) is 17.0 Å². The van der Waals surface area contributed by atoms with Crippen LogP contribution in [0, 0.1) is 0 Å². The highest BCUT2D eigenvalue weighted by Crippen LogP contribution is 2.47. The van der Waals surface area contributed by atoms with E-state index in [0.717, 1.165) is 22.2 Å². The van der Waals surface area contributed by atoms with Gasteiger partial charge in [0.2, 0.25) is 0 Å². The summed E-state index contributed by atoms with van der Waals surface area (Å²) in [5, 5.41) is 20.9. The lowest BCUT2D eigenvalue weighted by Crippen LogP contribution is -2.29. The van der Waals surface area contributed by atoms with Crippen molar-refractivity contribution in [3.8, 4) is 17.2 Å². The van der Waals surface area contributed by atoms with Gasteiger partial charge in [0.25, 0.3) is 5.91 Å². The van der Waals surface area contributed by atoms with Crippen LogP contribution in [0.2, 0.25) is 0 Å². The molecule has 1 aliphatic rings. The summed E-state index contributed by atoms with van der Waals surface area (Å²) in [6.45, 7) is 0. The van der Waals surface area contributed by atoms with Crippen molar-refractivity contribution in [1.82, 2.24) is 4.57 Å². The molecule has 0 bridgehead atoms. The molecule has 0 aliphatic carbocycles. The van der Waals surface area contributed by atoms with Crippen LogP contribution in [0.5, 0.6) is 17.2 Å². The van der Waals surface area contributed by atoms with Crippen LogP contribution in [0.1, 0.15) is 27.7 Å². The van der Waals surface area contributed by atoms with Crippen LogP contribution < -0.4 is 9.64 Å². The summed E-state index contributed by atoms with van der Waals surface area (Å²) in [5.74, 6) is 0.166. The molecule has 30 heavy (non-hydrogen) atoms. The van der Waals surface area contributed by atoms with Crippen molar-refractivity contribution in [3.63, 3.8) is 0 Å². The quantitative estimate of drug-likeness (QED) is 0.502. The normalized spacial score (nSPS) is 15.6. The minimum absolute atomic E-state index is 0.119. The van der Waals surface area contributed by atoms with Crippen LogP contribution in [0.3, 0.4) is 0 Å². The molecule has 0 fully saturated rings. The minimum atomic E-state index is -0.446. The van der Waals surface area contributed by atoms with E-state index in [1.165, 1.54) is 12.1 Å². The molecule has 0 saturated carbocycles. The number of nitrogens with zero attached hydrogens (tertiary/aromatic N) is 2. The third kappa shape index (κ3) is 2.47. The van der Waals surface area contributed by atoms with Gasteiger partial charge >= 0.3 is 0 Å². The molecule has 0 saturated heterocycles. The van der Waals surface area contributed by atoms with E-state index >= 15 is 0 Å². The Hall–Kier alpha value is -3.93. The van der Waals surface area contributed by atoms with E-state index in [9.17, 15) is 15.0 Å². The second-order valence-electron chi connectivity index (χ2n) is 7.36. The number of anilines is 1. The summed E-state index contributed by atoms with van der Waals surface area (Å²) >= 11 is 0. The molecule has 2 heterocycles. The summed E-state index contributed by atoms with van der Waals surface area (Å²) in [7, 11) is 3.49. The van der Waals surface area contributed by atoms with Crippen molar-refractivity contribution in [1.29, 1.82) is 0 Å². The zero-order chi connectivity index (χ0) is 21.0. The Balaban J connectivity index is 1.78. The van der Waals surface area contributed by atoms with Crippen LogP contribution in [0.25, 0.3) is 10.9 Å². The second kappa shape index (κ2) is 6.56. The zero-order valence-electron chi connectivity index (χ0n) is 16.5. The Morgan fingerprint density at radius 2 is 1.67 bits per heavy atom. The number of phenols is 2. The number of hydrogen-bond acceptors (Lipinski definition) is 4. The van der Waals surface area contributed by atoms with Gasteiger partial charge in [0.15, 0.2) is 11.5 Å². The number of phenolic OH excluding ortho intramolecular Hbond substituents is 2. The summed E-state index contributed by atoms with van der Waals surface area (Å²) in [5.41, 5.74) is 3.91. The molecule has 1 aliphatic heterocycles. The molecular weight excluding hydrogens is 380 g/mol. The van der Waals surface area contributed by atoms with Gasteiger partial charge in [-0.15, -0.1) is 0 Å². The molecule has 0 radical (unpaired) electrons. The molecular formula is C24H20N2O4. The summed E-state index contributed by atoms with van der Waals surface area (Å²) in [4.78, 5) is 15.4. The van der Waals surface area contributed by atoms with Gasteiger partial charge in [0, 0.05) is 29.2 Å². The van der Waals surface area contributed by atoms with E-state index in [1.54, 1.807) is 18.1 Å². The fourth-order valence-electron chi connectivity index (χ4n) is 4.35. The zero-order valence-corrected chi connectivity index (χ0v) is 16.5. The Kier molecular flexibility index (Phi) is 3.96. The largest absolute Gasteiger partial charge is 0.504 e. The molecule has 1 atom stereocenters. The number of benzene rings is 3. The maximum Gasteiger partial charge on any atom is 0.276 e. The Labute approximate surface area is 173 Å². The Morgan fingerprint density at radius 3 is 2.37 bits per heavy atom. The number of ether oxygens (including phenoxy) is 1. The molecule has 150 valence electrons. The first kappa shape index (κ1) is 18.1. The second-order valence-corrected chi connectivity index (χ2v) is 7.36. The Morgan fingerprint density at radius 1 is 0.933 bits per heavy atom. The number of aromatic nitrogens is 1. The van der Waals surface area contributed by atoms with Gasteiger partial charge in [0.1, 0.15) is 11.4 Å². The highest BCUT2D eigenvalue weighted by Gasteiger charge is 2.43. The number of methoxy groups -OCH3 is 1. The molecule has 6 heteroatoms. The van der Waals surface area contributed by atoms with E-state index < -0.39 is 6.04 Å². The summed E-state index contributed by atoms with van der Waals surface area (Å²) in [6, 6.07) is 19.5. The Bertz CT molecular complexity index is 1290. The average Bonchev–Trinajstić information content (AvgIpc) is 3.23. The number of aryl methyl sites for hydroxylation is 1. The first-order valence-electron chi connectivity index (χ1n) is 9.58. The number of amides is 1. The number of carbonyl (C=O) groups is 1. The first-order valence-corrected chi connectivity index (χ1v) is 9.58. The van der Waals surface area contributed by atoms with E-state index in [-0.39, 0.29) is 17.4 Å². The van der Waals surface area contributed by atoms with E-state index in [1.807, 2.05) is 60.1 Å². The standard InChI is InChI=1S/C24H20N2O4/c1-25-18-6-4-3-5-17(18)21-22(14-7-12-19(27)20(28)13-14)26(24(29)23(21)25)15-8-10-16(30-2)11-9-15/h3-13,22,27-28H,1-2H3/t22-/m1/s1. The summed E-state index contributed by atoms with van der Waals surface area (Å²) < 4.78 is 7.17. The monoisotopic (exact) mass is 400 g/mol. The number of fused-ring (bicyclic) bond motifs is 3. The maximum absolute atomic E-state index is 13.6. The smallest absolute Gasteiger partial charge is 0.276 e. The van der Waals surface area contributed by atoms with E-state index in [4.69, 9.17) is 4.74 Å². The van der Waals surface area contributed by atoms with Crippen LogP contribution in [-0.4, -0.2) is 27.8 Å². The number of rotatable bonds is 3. The molecule has 2 N–H and O–H groups in total. The number of hydrogen-bond donors (Lipinski definition) is 2. The van der Waals surface area contributed by atoms with Crippen molar-refractivity contribution < 1.29 is 19.7 Å². The maximum atomic E-state index is 13.6. The molecule has 3 aromatic carbocycles. The van der Waals surface area contributed by atoms with Gasteiger partial charge in [-0.1, -0.05) is 24.3 Å². The number of aromatic hydroxyl groups is 2. The third-order valence-corrected chi connectivity index (χ3v) is 5.76. The third-order valence-electron chi connectivity index (χ3n) is 5.76. The molecule has 4 aromatic rings. The van der Waals surface area contributed by atoms with Gasteiger partial charge in [-0.2, -0.15) is 0 Å². The van der Waals surface area contributed by atoms with Crippen LogP contribution in [-0.2, 0) is 7.05 Å². The number of para-hydroxylation sites is 1. The highest BCUT2D eigenvalue weighted by molar-refractivity contribution is 6.15. The predicted molar refractivity (Wildman–Crippen MR) is 114 cm³/mol. The van der Waals surface area contributed by atoms with Gasteiger partial charge in [-0.05, 0) is 48.0 Å². The van der Waals surface area contributed by atoms with Crippen LogP contribution in [0.15, 0.2) is 66.7 Å². The van der Waals surface area contributed by atoms with Crippen LogP contribution in [0.4, 0.5) is 5.69 Å². The molecule has 0 spiro atoms. The van der Waals surface area contributed by atoms with Crippen molar-refractivity contribution in [2.75, 3.05) is 12.0 Å². The highest BCUT2D eigenvalue weighted by atomic mass is 16.5. The molecule has 1 amide bonds. The lowest BCUT2D eigenvalue weighted by Gasteiger charge is -2.27. The topological polar surface area (TPSA) is 74.9 Å². The number of carbonyl (C=O) groups excluding carboxylic acids is 1. The van der Waals surface area contributed by atoms with Crippen molar-refractivity contribution in [3.05, 3.63) is 83.6 Å². The summed E-state index contributed by atoms with van der Waals surface area (Å²) in [6.07, 6.45) is 0. The fourth-order valence-corrected chi connectivity index (χ4v) is 4.35. The van der Waals surface area contributed by atoms with Gasteiger partial charge in [-0.3, -0.25) is 9.69 Å². The lowest BCUT2D eigenvalue weighted by atomic mass is 9.97. The van der Waals surface area contributed by atoms with E-state index in [2.05, 4.69) is 0 Å². The van der Waals surface area contributed by atoms with Gasteiger partial charge in [-0.25, -0.2) is 0 Å².